The monoisotopic (exact) mass is 425 g/mol. The Morgan fingerprint density at radius 1 is 1.27 bits per heavy atom. The van der Waals surface area contributed by atoms with E-state index < -0.39 is 0 Å². The maximum atomic E-state index is 12.6. The number of thiophene rings is 1. The third-order valence-electron chi connectivity index (χ3n) is 5.04. The second-order valence-corrected chi connectivity index (χ2v) is 8.14. The van der Waals surface area contributed by atoms with Crippen LogP contribution in [0.4, 0.5) is 10.5 Å². The van der Waals surface area contributed by atoms with Crippen molar-refractivity contribution in [3.8, 4) is 10.8 Å². The Labute approximate surface area is 178 Å². The number of urea groups is 1. The molecule has 7 nitrogen and oxygen atoms in total. The van der Waals surface area contributed by atoms with Gasteiger partial charge in [-0.2, -0.15) is 0 Å². The van der Waals surface area contributed by atoms with Crippen LogP contribution in [0.1, 0.15) is 24.3 Å². The molecule has 0 radical (unpaired) electrons. The minimum absolute atomic E-state index is 0.0618. The zero-order valence-electron chi connectivity index (χ0n) is 16.7. The number of hydrogen-bond acceptors (Lipinski definition) is 6. The minimum Gasteiger partial charge on any atom is -0.459 e. The molecule has 0 bridgehead atoms. The lowest BCUT2D eigenvalue weighted by Gasteiger charge is -2.31. The largest absolute Gasteiger partial charge is 0.459 e. The van der Waals surface area contributed by atoms with Crippen LogP contribution < -0.4 is 5.32 Å². The molecule has 0 aliphatic carbocycles. The summed E-state index contributed by atoms with van der Waals surface area (Å²) < 4.78 is 11.2. The predicted molar refractivity (Wildman–Crippen MR) is 114 cm³/mol. The van der Waals surface area contributed by atoms with Gasteiger partial charge in [-0.05, 0) is 43.3 Å². The highest BCUT2D eigenvalue weighted by atomic mass is 32.1. The van der Waals surface area contributed by atoms with Crippen LogP contribution >= 0.6 is 11.3 Å². The Bertz CT molecular complexity index is 1000. The van der Waals surface area contributed by atoms with Gasteiger partial charge in [0.15, 0.2) is 0 Å². The van der Waals surface area contributed by atoms with Gasteiger partial charge < -0.3 is 19.4 Å². The van der Waals surface area contributed by atoms with Crippen LogP contribution in [0.3, 0.4) is 0 Å². The number of oxazole rings is 1. The van der Waals surface area contributed by atoms with E-state index in [-0.39, 0.29) is 24.5 Å². The lowest BCUT2D eigenvalue weighted by molar-refractivity contribution is -0.151. The molecular formula is C22H23N3O4S. The van der Waals surface area contributed by atoms with Crippen LogP contribution in [-0.2, 0) is 16.1 Å². The standard InChI is InChI=1S/C22H23N3O4S/c1-15-18(24-20(29-15)19-10-6-12-30-19)14-28-21(26)16-7-5-11-25(13-16)22(27)23-17-8-3-2-4-9-17/h2-4,6,8-10,12,16H,5,7,11,13-14H2,1H3,(H,23,27). The van der Waals surface area contributed by atoms with E-state index in [0.717, 1.165) is 17.0 Å². The molecule has 0 saturated carbocycles. The van der Waals surface area contributed by atoms with E-state index >= 15 is 0 Å². The van der Waals surface area contributed by atoms with Crippen LogP contribution in [0.5, 0.6) is 0 Å². The quantitative estimate of drug-likeness (QED) is 0.599. The fraction of sp³-hybridized carbons (Fsp3) is 0.318. The summed E-state index contributed by atoms with van der Waals surface area (Å²) in [5.74, 6) is 0.519. The number of anilines is 1. The fourth-order valence-corrected chi connectivity index (χ4v) is 4.05. The van der Waals surface area contributed by atoms with Gasteiger partial charge in [-0.1, -0.05) is 24.3 Å². The summed E-state index contributed by atoms with van der Waals surface area (Å²) in [7, 11) is 0. The number of benzene rings is 1. The van der Waals surface area contributed by atoms with E-state index in [9.17, 15) is 9.59 Å². The summed E-state index contributed by atoms with van der Waals surface area (Å²) in [6.45, 7) is 2.83. The van der Waals surface area contributed by atoms with Crippen LogP contribution in [0.2, 0.25) is 0 Å². The number of para-hydroxylation sites is 1. The van der Waals surface area contributed by atoms with Gasteiger partial charge in [0, 0.05) is 18.8 Å². The Balaban J connectivity index is 1.32. The van der Waals surface area contributed by atoms with Crippen molar-refractivity contribution in [1.29, 1.82) is 0 Å². The highest BCUT2D eigenvalue weighted by Crippen LogP contribution is 2.26. The molecule has 3 heterocycles. The van der Waals surface area contributed by atoms with Crippen molar-refractivity contribution in [2.45, 2.75) is 26.4 Å². The lowest BCUT2D eigenvalue weighted by Crippen LogP contribution is -2.44. The van der Waals surface area contributed by atoms with Crippen molar-refractivity contribution < 1.29 is 18.7 Å². The number of ether oxygens (including phenoxy) is 1. The summed E-state index contributed by atoms with van der Waals surface area (Å²) in [5, 5.41) is 4.82. The number of amides is 2. The average molecular weight is 426 g/mol. The predicted octanol–water partition coefficient (Wildman–Crippen LogP) is 4.70. The maximum absolute atomic E-state index is 12.6. The van der Waals surface area contributed by atoms with Crippen LogP contribution in [0.15, 0.2) is 52.3 Å². The molecule has 1 saturated heterocycles. The van der Waals surface area contributed by atoms with Gasteiger partial charge in [0.05, 0.1) is 10.8 Å². The number of nitrogens with one attached hydrogen (secondary N) is 1. The smallest absolute Gasteiger partial charge is 0.321 e. The molecule has 1 aliphatic rings. The van der Waals surface area contributed by atoms with E-state index in [1.54, 1.807) is 16.2 Å². The number of rotatable bonds is 5. The van der Waals surface area contributed by atoms with E-state index in [0.29, 0.717) is 36.9 Å². The number of piperidine rings is 1. The molecule has 1 N–H and O–H groups in total. The molecule has 4 rings (SSSR count). The normalized spacial score (nSPS) is 16.3. The third kappa shape index (κ3) is 4.71. The Morgan fingerprint density at radius 2 is 2.10 bits per heavy atom. The number of carbonyl (C=O) groups excluding carboxylic acids is 2. The van der Waals surface area contributed by atoms with Crippen LogP contribution in [0.25, 0.3) is 10.8 Å². The van der Waals surface area contributed by atoms with Crippen molar-refractivity contribution in [3.63, 3.8) is 0 Å². The van der Waals surface area contributed by atoms with E-state index in [1.807, 2.05) is 54.8 Å². The number of nitrogens with zero attached hydrogens (tertiary/aromatic N) is 2. The number of esters is 1. The van der Waals surface area contributed by atoms with Crippen molar-refractivity contribution in [2.75, 3.05) is 18.4 Å². The summed E-state index contributed by atoms with van der Waals surface area (Å²) in [6.07, 6.45) is 1.46. The average Bonchev–Trinajstić information content (AvgIpc) is 3.43. The summed E-state index contributed by atoms with van der Waals surface area (Å²) in [6, 6.07) is 12.9. The second kappa shape index (κ2) is 9.13. The van der Waals surface area contributed by atoms with Gasteiger partial charge >= 0.3 is 12.0 Å². The molecular weight excluding hydrogens is 402 g/mol. The second-order valence-electron chi connectivity index (χ2n) is 7.19. The fourth-order valence-electron chi connectivity index (χ4n) is 3.40. The van der Waals surface area contributed by atoms with Gasteiger partial charge in [-0.3, -0.25) is 4.79 Å². The summed E-state index contributed by atoms with van der Waals surface area (Å²) >= 11 is 1.54. The molecule has 2 amide bonds. The zero-order chi connectivity index (χ0) is 20.9. The van der Waals surface area contributed by atoms with Crippen molar-refractivity contribution in [2.24, 2.45) is 5.92 Å². The van der Waals surface area contributed by atoms with E-state index in [4.69, 9.17) is 9.15 Å². The molecule has 8 heteroatoms. The van der Waals surface area contributed by atoms with Crippen molar-refractivity contribution in [1.82, 2.24) is 9.88 Å². The molecule has 1 aromatic carbocycles. The van der Waals surface area contributed by atoms with E-state index in [1.165, 1.54) is 0 Å². The Hall–Kier alpha value is -3.13. The highest BCUT2D eigenvalue weighted by Gasteiger charge is 2.30. The number of likely N-dealkylation sites (tertiary alicyclic amines) is 1. The third-order valence-corrected chi connectivity index (χ3v) is 5.90. The molecule has 1 fully saturated rings. The topological polar surface area (TPSA) is 84.7 Å². The van der Waals surface area contributed by atoms with Crippen LogP contribution in [-0.4, -0.2) is 35.0 Å². The number of carbonyl (C=O) groups is 2. The number of aromatic nitrogens is 1. The van der Waals surface area contributed by atoms with Crippen LogP contribution in [0, 0.1) is 12.8 Å². The highest BCUT2D eigenvalue weighted by molar-refractivity contribution is 7.13. The first-order valence-electron chi connectivity index (χ1n) is 9.88. The molecule has 3 aromatic rings. The first-order chi connectivity index (χ1) is 14.6. The van der Waals surface area contributed by atoms with Crippen molar-refractivity contribution >= 4 is 29.0 Å². The number of aryl methyl sites for hydroxylation is 1. The molecule has 2 aromatic heterocycles. The number of hydrogen-bond donors (Lipinski definition) is 1. The molecule has 1 atom stereocenters. The summed E-state index contributed by atoms with van der Waals surface area (Å²) in [4.78, 5) is 32.2. The molecule has 0 spiro atoms. The van der Waals surface area contributed by atoms with Gasteiger partial charge in [0.1, 0.15) is 18.1 Å². The van der Waals surface area contributed by atoms with E-state index in [2.05, 4.69) is 10.3 Å². The maximum Gasteiger partial charge on any atom is 0.321 e. The van der Waals surface area contributed by atoms with Gasteiger partial charge in [-0.25, -0.2) is 9.78 Å². The molecule has 156 valence electrons. The van der Waals surface area contributed by atoms with Gasteiger partial charge in [-0.15, -0.1) is 11.3 Å². The molecule has 1 aliphatic heterocycles. The van der Waals surface area contributed by atoms with Gasteiger partial charge in [0.2, 0.25) is 5.89 Å². The Morgan fingerprint density at radius 3 is 2.87 bits per heavy atom. The SMILES string of the molecule is Cc1oc(-c2cccs2)nc1COC(=O)C1CCCN(C(=O)Nc2ccccc2)C1. The lowest BCUT2D eigenvalue weighted by atomic mass is 9.98. The molecule has 1 unspecified atom stereocenters. The first kappa shape index (κ1) is 20.2. The molecule has 30 heavy (non-hydrogen) atoms. The zero-order valence-corrected chi connectivity index (χ0v) is 17.5. The minimum atomic E-state index is -0.343. The first-order valence-corrected chi connectivity index (χ1v) is 10.8. The Kier molecular flexibility index (Phi) is 6.13. The van der Waals surface area contributed by atoms with Crippen molar-refractivity contribution in [3.05, 3.63) is 59.3 Å². The van der Waals surface area contributed by atoms with Gasteiger partial charge in [0.25, 0.3) is 0 Å². The summed E-state index contributed by atoms with van der Waals surface area (Å²) in [5.41, 5.74) is 1.34.